The van der Waals surface area contributed by atoms with Gasteiger partial charge < -0.3 is 15.2 Å². The number of hydrogen-bond donors (Lipinski definition) is 1. The summed E-state index contributed by atoms with van der Waals surface area (Å²) in [6.07, 6.45) is -7.91. The summed E-state index contributed by atoms with van der Waals surface area (Å²) in [4.78, 5) is 14.6. The van der Waals surface area contributed by atoms with E-state index in [1.54, 1.807) is 0 Å². The van der Waals surface area contributed by atoms with Crippen molar-refractivity contribution in [3.8, 4) is 5.88 Å². The number of alkyl halides is 5. The van der Waals surface area contributed by atoms with Gasteiger partial charge in [-0.3, -0.25) is 0 Å². The van der Waals surface area contributed by atoms with E-state index in [1.807, 2.05) is 0 Å². The van der Waals surface area contributed by atoms with Crippen LogP contribution < -0.4 is 10.5 Å². The van der Waals surface area contributed by atoms with Crippen LogP contribution in [-0.4, -0.2) is 24.4 Å². The van der Waals surface area contributed by atoms with Crippen molar-refractivity contribution in [3.05, 3.63) is 22.9 Å². The molecule has 0 bridgehead atoms. The second-order valence-electron chi connectivity index (χ2n) is 3.42. The van der Waals surface area contributed by atoms with Gasteiger partial charge >= 0.3 is 12.3 Å². The third-order valence-corrected chi connectivity index (χ3v) is 2.20. The highest BCUT2D eigenvalue weighted by molar-refractivity contribution is 5.93. The molecule has 0 saturated carbocycles. The molecule has 2 N–H and O–H groups in total. The van der Waals surface area contributed by atoms with Gasteiger partial charge in [0.2, 0.25) is 5.88 Å². The summed E-state index contributed by atoms with van der Waals surface area (Å²) in [6.45, 7) is -0.385. The molecule has 112 valence electrons. The first-order valence-corrected chi connectivity index (χ1v) is 5.05. The average Bonchev–Trinajstić information content (AvgIpc) is 2.34. The summed E-state index contributed by atoms with van der Waals surface area (Å²) < 4.78 is 69.9. The molecule has 0 spiro atoms. The third-order valence-electron chi connectivity index (χ3n) is 2.20. The molecular formula is C10H9F5N2O3. The number of methoxy groups -OCH3 is 1. The molecule has 10 heteroatoms. The van der Waals surface area contributed by atoms with Crippen molar-refractivity contribution in [2.45, 2.75) is 19.3 Å². The molecule has 1 aromatic heterocycles. The zero-order chi connectivity index (χ0) is 15.5. The molecule has 0 aromatic carbocycles. The van der Waals surface area contributed by atoms with Crippen LogP contribution in [0.1, 0.15) is 27.9 Å². The van der Waals surface area contributed by atoms with E-state index in [0.717, 1.165) is 13.3 Å². The van der Waals surface area contributed by atoms with Crippen LogP contribution in [0.15, 0.2) is 6.20 Å². The molecule has 0 amide bonds. The minimum Gasteiger partial charge on any atom is -0.465 e. The van der Waals surface area contributed by atoms with E-state index in [-0.39, 0.29) is 12.1 Å². The van der Waals surface area contributed by atoms with Gasteiger partial charge in [-0.2, -0.15) is 0 Å². The largest absolute Gasteiger partial charge is 0.574 e. The standard InChI is InChI=1S/C10H9F5N2O3/c1-19-9(18)5-4(2-16)3-17-8(6(5)7(11)12)20-10(13,14)15/h3,7H,2,16H2,1H3. The smallest absolute Gasteiger partial charge is 0.465 e. The maximum atomic E-state index is 12.9. The fourth-order valence-electron chi connectivity index (χ4n) is 1.44. The number of rotatable bonds is 4. The second kappa shape index (κ2) is 5.99. The maximum Gasteiger partial charge on any atom is 0.574 e. The summed E-state index contributed by atoms with van der Waals surface area (Å²) in [7, 11) is 0.891. The molecule has 1 heterocycles. The molecule has 0 fully saturated rings. The zero-order valence-electron chi connectivity index (χ0n) is 10.0. The monoisotopic (exact) mass is 300 g/mol. The lowest BCUT2D eigenvalue weighted by Crippen LogP contribution is -2.22. The summed E-state index contributed by atoms with van der Waals surface area (Å²) >= 11 is 0. The Bertz CT molecular complexity index is 504. The van der Waals surface area contributed by atoms with Crippen LogP contribution in [0.4, 0.5) is 22.0 Å². The topological polar surface area (TPSA) is 74.4 Å². The van der Waals surface area contributed by atoms with Gasteiger partial charge in [0, 0.05) is 12.7 Å². The van der Waals surface area contributed by atoms with Crippen molar-refractivity contribution in [1.29, 1.82) is 0 Å². The highest BCUT2D eigenvalue weighted by Gasteiger charge is 2.36. The number of nitrogens with two attached hydrogens (primary N) is 1. The number of esters is 1. The minimum absolute atomic E-state index is 0.179. The van der Waals surface area contributed by atoms with Gasteiger partial charge in [-0.05, 0) is 5.56 Å². The third kappa shape index (κ3) is 3.53. The quantitative estimate of drug-likeness (QED) is 0.681. The van der Waals surface area contributed by atoms with E-state index in [2.05, 4.69) is 14.5 Å². The molecule has 0 radical (unpaired) electrons. The molecular weight excluding hydrogens is 291 g/mol. The van der Waals surface area contributed by atoms with Crippen molar-refractivity contribution in [1.82, 2.24) is 4.98 Å². The van der Waals surface area contributed by atoms with Gasteiger partial charge in [0.05, 0.1) is 18.2 Å². The van der Waals surface area contributed by atoms with Gasteiger partial charge in [-0.25, -0.2) is 18.6 Å². The fraction of sp³-hybridized carbons (Fsp3) is 0.400. The van der Waals surface area contributed by atoms with E-state index in [0.29, 0.717) is 0 Å². The van der Waals surface area contributed by atoms with Crippen molar-refractivity contribution < 1.29 is 36.2 Å². The summed E-state index contributed by atoms with van der Waals surface area (Å²) in [5, 5.41) is 0. The Morgan fingerprint density at radius 2 is 2.05 bits per heavy atom. The van der Waals surface area contributed by atoms with E-state index in [9.17, 15) is 26.7 Å². The van der Waals surface area contributed by atoms with Gasteiger partial charge in [0.25, 0.3) is 6.43 Å². The van der Waals surface area contributed by atoms with E-state index < -0.39 is 35.8 Å². The second-order valence-corrected chi connectivity index (χ2v) is 3.42. The van der Waals surface area contributed by atoms with Crippen molar-refractivity contribution in [3.63, 3.8) is 0 Å². The number of carbonyl (C=O) groups excluding carboxylic acids is 1. The van der Waals surface area contributed by atoms with Gasteiger partial charge in [0.15, 0.2) is 0 Å². The van der Waals surface area contributed by atoms with Gasteiger partial charge in [-0.1, -0.05) is 0 Å². The number of pyridine rings is 1. The Morgan fingerprint density at radius 3 is 2.45 bits per heavy atom. The lowest BCUT2D eigenvalue weighted by atomic mass is 10.0. The van der Waals surface area contributed by atoms with Crippen LogP contribution in [-0.2, 0) is 11.3 Å². The van der Waals surface area contributed by atoms with E-state index >= 15 is 0 Å². The van der Waals surface area contributed by atoms with Gasteiger partial charge in [-0.15, -0.1) is 13.2 Å². The Kier molecular flexibility index (Phi) is 4.82. The van der Waals surface area contributed by atoms with Gasteiger partial charge in [0.1, 0.15) is 0 Å². The Labute approximate surface area is 109 Å². The molecule has 0 aliphatic carbocycles. The summed E-state index contributed by atoms with van der Waals surface area (Å²) in [5.74, 6) is -2.67. The normalized spacial score (nSPS) is 11.6. The molecule has 5 nitrogen and oxygen atoms in total. The molecule has 0 aliphatic heterocycles. The molecule has 0 saturated heterocycles. The Morgan fingerprint density at radius 1 is 1.45 bits per heavy atom. The first-order chi connectivity index (χ1) is 9.21. The highest BCUT2D eigenvalue weighted by atomic mass is 19.4. The van der Waals surface area contributed by atoms with Crippen molar-refractivity contribution >= 4 is 5.97 Å². The summed E-state index contributed by atoms with van der Waals surface area (Å²) in [6, 6.07) is 0. The van der Waals surface area contributed by atoms with Crippen molar-refractivity contribution in [2.75, 3.05) is 7.11 Å². The summed E-state index contributed by atoms with van der Waals surface area (Å²) in [5.41, 5.74) is 2.97. The van der Waals surface area contributed by atoms with Crippen LogP contribution in [0.2, 0.25) is 0 Å². The first kappa shape index (κ1) is 16.1. The lowest BCUT2D eigenvalue weighted by Gasteiger charge is -2.16. The number of ether oxygens (including phenoxy) is 2. The molecule has 20 heavy (non-hydrogen) atoms. The number of hydrogen-bond acceptors (Lipinski definition) is 5. The molecule has 0 aliphatic rings. The highest BCUT2D eigenvalue weighted by Crippen LogP contribution is 2.35. The number of aromatic nitrogens is 1. The van der Waals surface area contributed by atoms with Crippen LogP contribution in [0.25, 0.3) is 0 Å². The predicted molar refractivity (Wildman–Crippen MR) is 55.1 cm³/mol. The number of halogens is 5. The molecule has 0 unspecified atom stereocenters. The Balaban J connectivity index is 3.51. The first-order valence-electron chi connectivity index (χ1n) is 5.05. The predicted octanol–water partition coefficient (Wildman–Crippen LogP) is 2.16. The molecule has 0 atom stereocenters. The molecule has 1 rings (SSSR count). The Hall–Kier alpha value is -1.97. The maximum absolute atomic E-state index is 12.9. The minimum atomic E-state index is -5.23. The lowest BCUT2D eigenvalue weighted by molar-refractivity contribution is -0.276. The fourth-order valence-corrected chi connectivity index (χ4v) is 1.44. The van der Waals surface area contributed by atoms with E-state index in [4.69, 9.17) is 5.73 Å². The number of nitrogens with zero attached hydrogens (tertiary/aromatic N) is 1. The van der Waals surface area contributed by atoms with Crippen LogP contribution >= 0.6 is 0 Å². The van der Waals surface area contributed by atoms with E-state index in [1.165, 1.54) is 0 Å². The van der Waals surface area contributed by atoms with Crippen LogP contribution in [0, 0.1) is 0 Å². The van der Waals surface area contributed by atoms with Crippen LogP contribution in [0.5, 0.6) is 5.88 Å². The molecule has 1 aromatic rings. The average molecular weight is 300 g/mol. The zero-order valence-corrected chi connectivity index (χ0v) is 10.0. The SMILES string of the molecule is COC(=O)c1c(CN)cnc(OC(F)(F)F)c1C(F)F. The van der Waals surface area contributed by atoms with Crippen LogP contribution in [0.3, 0.4) is 0 Å². The number of carbonyl (C=O) groups is 1. The van der Waals surface area contributed by atoms with Crippen molar-refractivity contribution in [2.24, 2.45) is 5.73 Å².